The first-order valence-electron chi connectivity index (χ1n) is 8.39. The molecule has 0 aromatic heterocycles. The van der Waals surface area contributed by atoms with Gasteiger partial charge < -0.3 is 15.3 Å². The van der Waals surface area contributed by atoms with Crippen LogP contribution in [0.2, 0.25) is 5.02 Å². The number of phenols is 1. The molecule has 0 saturated carbocycles. The molecular formula is C17H24ClN3O2. The van der Waals surface area contributed by atoms with Crippen molar-refractivity contribution in [3.05, 3.63) is 28.8 Å². The van der Waals surface area contributed by atoms with Gasteiger partial charge in [0.2, 0.25) is 5.91 Å². The van der Waals surface area contributed by atoms with Crippen molar-refractivity contribution in [2.45, 2.75) is 25.3 Å². The van der Waals surface area contributed by atoms with Crippen LogP contribution in [0.25, 0.3) is 0 Å². The lowest BCUT2D eigenvalue weighted by molar-refractivity contribution is -0.138. The second-order valence-electron chi connectivity index (χ2n) is 6.29. The van der Waals surface area contributed by atoms with Gasteiger partial charge in [-0.1, -0.05) is 17.7 Å². The molecule has 5 nitrogen and oxygen atoms in total. The summed E-state index contributed by atoms with van der Waals surface area (Å²) in [6, 6.07) is 4.81. The monoisotopic (exact) mass is 337 g/mol. The Morgan fingerprint density at radius 3 is 2.48 bits per heavy atom. The van der Waals surface area contributed by atoms with E-state index in [0.717, 1.165) is 57.7 Å². The number of carbonyl (C=O) groups is 1. The molecule has 2 N–H and O–H groups in total. The van der Waals surface area contributed by atoms with Gasteiger partial charge in [-0.2, -0.15) is 0 Å². The smallest absolute Gasteiger partial charge is 0.244 e. The number of hydrogen-bond acceptors (Lipinski definition) is 4. The van der Waals surface area contributed by atoms with Crippen molar-refractivity contribution in [3.63, 3.8) is 0 Å². The minimum absolute atomic E-state index is 0.0555. The van der Waals surface area contributed by atoms with Gasteiger partial charge in [0.05, 0.1) is 5.02 Å². The fraction of sp³-hybridized carbons (Fsp3) is 0.588. The van der Waals surface area contributed by atoms with E-state index < -0.39 is 0 Å². The quantitative estimate of drug-likeness (QED) is 0.886. The molecule has 0 spiro atoms. The second-order valence-corrected chi connectivity index (χ2v) is 6.69. The lowest BCUT2D eigenvalue weighted by atomic mass is 10.0. The van der Waals surface area contributed by atoms with Gasteiger partial charge in [-0.15, -0.1) is 0 Å². The van der Waals surface area contributed by atoms with Crippen LogP contribution in [0.1, 0.15) is 30.9 Å². The van der Waals surface area contributed by atoms with Gasteiger partial charge >= 0.3 is 0 Å². The Balaban J connectivity index is 1.88. The zero-order chi connectivity index (χ0) is 16.2. The van der Waals surface area contributed by atoms with Crippen molar-refractivity contribution >= 4 is 17.5 Å². The molecule has 6 heteroatoms. The van der Waals surface area contributed by atoms with E-state index in [1.165, 1.54) is 6.42 Å². The highest BCUT2D eigenvalue weighted by molar-refractivity contribution is 6.32. The van der Waals surface area contributed by atoms with Crippen molar-refractivity contribution in [1.29, 1.82) is 0 Å². The summed E-state index contributed by atoms with van der Waals surface area (Å²) in [7, 11) is 0. The van der Waals surface area contributed by atoms with Crippen LogP contribution in [0, 0.1) is 0 Å². The first kappa shape index (κ1) is 16.6. The minimum Gasteiger partial charge on any atom is -0.506 e. The maximum Gasteiger partial charge on any atom is 0.244 e. The molecule has 2 saturated heterocycles. The number of rotatable bonds is 3. The third-order valence-electron chi connectivity index (χ3n) is 4.71. The summed E-state index contributed by atoms with van der Waals surface area (Å²) >= 11 is 6.08. The number of aromatic hydroxyl groups is 1. The number of phenolic OH excluding ortho intramolecular Hbond substituents is 1. The molecule has 2 fully saturated rings. The number of hydrogen-bond donors (Lipinski definition) is 2. The summed E-state index contributed by atoms with van der Waals surface area (Å²) in [5.41, 5.74) is 0.866. The van der Waals surface area contributed by atoms with Crippen LogP contribution in [-0.2, 0) is 4.79 Å². The van der Waals surface area contributed by atoms with E-state index >= 15 is 0 Å². The maximum atomic E-state index is 13.2. The van der Waals surface area contributed by atoms with Gasteiger partial charge in [0.1, 0.15) is 11.8 Å². The van der Waals surface area contributed by atoms with Gasteiger partial charge in [0.15, 0.2) is 0 Å². The van der Waals surface area contributed by atoms with Crippen molar-refractivity contribution < 1.29 is 9.90 Å². The predicted molar refractivity (Wildman–Crippen MR) is 90.7 cm³/mol. The zero-order valence-electron chi connectivity index (χ0n) is 13.3. The number of amides is 1. The molecule has 0 aliphatic carbocycles. The molecule has 1 aromatic carbocycles. The maximum absolute atomic E-state index is 13.2. The van der Waals surface area contributed by atoms with Gasteiger partial charge in [-0.05, 0) is 37.0 Å². The Labute approximate surface area is 142 Å². The number of carbonyl (C=O) groups excluding carboxylic acids is 1. The fourth-order valence-corrected chi connectivity index (χ4v) is 3.62. The van der Waals surface area contributed by atoms with E-state index in [2.05, 4.69) is 10.2 Å². The highest BCUT2D eigenvalue weighted by Crippen LogP contribution is 2.31. The average Bonchev–Trinajstić information content (AvgIpc) is 2.60. The Kier molecular flexibility index (Phi) is 5.41. The van der Waals surface area contributed by atoms with Crippen LogP contribution in [0.5, 0.6) is 5.75 Å². The van der Waals surface area contributed by atoms with Crippen LogP contribution in [-0.4, -0.2) is 60.1 Å². The van der Waals surface area contributed by atoms with Crippen LogP contribution in [0.15, 0.2) is 18.2 Å². The van der Waals surface area contributed by atoms with Gasteiger partial charge in [0.25, 0.3) is 0 Å². The molecule has 1 atom stereocenters. The number of nitrogens with one attached hydrogen (secondary N) is 1. The summed E-state index contributed by atoms with van der Waals surface area (Å²) in [5, 5.41) is 13.3. The summed E-state index contributed by atoms with van der Waals surface area (Å²) in [6.45, 7) is 5.12. The number of benzene rings is 1. The molecule has 2 heterocycles. The Bertz CT molecular complexity index is 555. The van der Waals surface area contributed by atoms with Crippen molar-refractivity contribution in [3.8, 4) is 5.75 Å². The van der Waals surface area contributed by atoms with E-state index in [4.69, 9.17) is 11.6 Å². The minimum atomic E-state index is -0.312. The Morgan fingerprint density at radius 2 is 1.83 bits per heavy atom. The van der Waals surface area contributed by atoms with Crippen molar-refractivity contribution in [1.82, 2.24) is 15.1 Å². The number of nitrogens with zero attached hydrogens (tertiary/aromatic N) is 2. The number of likely N-dealkylation sites (tertiary alicyclic amines) is 1. The first-order chi connectivity index (χ1) is 11.2. The van der Waals surface area contributed by atoms with E-state index in [1.54, 1.807) is 12.1 Å². The third kappa shape index (κ3) is 3.79. The van der Waals surface area contributed by atoms with E-state index in [0.29, 0.717) is 5.02 Å². The molecular weight excluding hydrogens is 314 g/mol. The van der Waals surface area contributed by atoms with E-state index in [-0.39, 0.29) is 17.7 Å². The summed E-state index contributed by atoms with van der Waals surface area (Å²) in [6.07, 6.45) is 3.36. The van der Waals surface area contributed by atoms with Crippen LogP contribution >= 0.6 is 11.6 Å². The molecule has 1 aromatic rings. The van der Waals surface area contributed by atoms with Crippen LogP contribution in [0.3, 0.4) is 0 Å². The summed E-state index contributed by atoms with van der Waals surface area (Å²) in [4.78, 5) is 17.4. The topological polar surface area (TPSA) is 55.8 Å². The lowest BCUT2D eigenvalue weighted by Gasteiger charge is -2.38. The normalized spacial score (nSPS) is 21.2. The molecule has 3 rings (SSSR count). The highest BCUT2D eigenvalue weighted by atomic mass is 35.5. The fourth-order valence-electron chi connectivity index (χ4n) is 3.43. The average molecular weight is 338 g/mol. The number of halogens is 1. The first-order valence-corrected chi connectivity index (χ1v) is 8.76. The molecule has 0 radical (unpaired) electrons. The van der Waals surface area contributed by atoms with Gasteiger partial charge in [0, 0.05) is 39.3 Å². The standard InChI is InChI=1S/C17H24ClN3O2/c18-14-12-13(4-5-15(14)22)16(20-10-6-19-7-11-20)17(23)21-8-2-1-3-9-21/h4-5,12,16,19,22H,1-3,6-11H2. The largest absolute Gasteiger partial charge is 0.506 e. The third-order valence-corrected chi connectivity index (χ3v) is 5.01. The summed E-state index contributed by atoms with van der Waals surface area (Å²) in [5.74, 6) is 0.216. The van der Waals surface area contributed by atoms with Gasteiger partial charge in [-0.25, -0.2) is 0 Å². The lowest BCUT2D eigenvalue weighted by Crippen LogP contribution is -2.51. The Morgan fingerprint density at radius 1 is 1.13 bits per heavy atom. The molecule has 126 valence electrons. The molecule has 1 amide bonds. The van der Waals surface area contributed by atoms with E-state index in [9.17, 15) is 9.90 Å². The molecule has 1 unspecified atom stereocenters. The van der Waals surface area contributed by atoms with Crippen molar-refractivity contribution in [2.75, 3.05) is 39.3 Å². The SMILES string of the molecule is O=C(C(c1ccc(O)c(Cl)c1)N1CCNCC1)N1CCCCC1. The molecule has 0 bridgehead atoms. The number of piperidine rings is 1. The highest BCUT2D eigenvalue weighted by Gasteiger charge is 2.32. The predicted octanol–water partition coefficient (Wildman–Crippen LogP) is 2.00. The molecule has 2 aliphatic heterocycles. The molecule has 2 aliphatic rings. The van der Waals surface area contributed by atoms with Gasteiger partial charge in [-0.3, -0.25) is 9.69 Å². The number of piperazine rings is 1. The second kappa shape index (κ2) is 7.51. The van der Waals surface area contributed by atoms with Crippen LogP contribution in [0.4, 0.5) is 0 Å². The van der Waals surface area contributed by atoms with E-state index in [1.807, 2.05) is 11.0 Å². The molecule has 23 heavy (non-hydrogen) atoms. The van der Waals surface area contributed by atoms with Crippen LogP contribution < -0.4 is 5.32 Å². The zero-order valence-corrected chi connectivity index (χ0v) is 14.1. The summed E-state index contributed by atoms with van der Waals surface area (Å²) < 4.78 is 0. The van der Waals surface area contributed by atoms with Crippen molar-refractivity contribution in [2.24, 2.45) is 0 Å². The Hall–Kier alpha value is -1.30.